The monoisotopic (exact) mass is 930 g/mol. The van der Waals surface area contributed by atoms with Gasteiger partial charge in [-0.3, -0.25) is 9.59 Å². The molecule has 4 heteroatoms. The Bertz CT molecular complexity index is 3700. The molecule has 11 aromatic carbocycles. The van der Waals surface area contributed by atoms with E-state index in [0.29, 0.717) is 22.3 Å². The van der Waals surface area contributed by atoms with Crippen molar-refractivity contribution in [2.75, 3.05) is 0 Å². The predicted octanol–water partition coefficient (Wildman–Crippen LogP) is 17.8. The van der Waals surface area contributed by atoms with Crippen LogP contribution in [-0.4, -0.2) is 11.6 Å². The zero-order valence-electron chi connectivity index (χ0n) is 39.0. The molecule has 0 heterocycles. The van der Waals surface area contributed by atoms with Crippen LogP contribution in [0.1, 0.15) is 31.8 Å². The van der Waals surface area contributed by atoms with Gasteiger partial charge in [-0.15, -0.1) is 0 Å². The van der Waals surface area contributed by atoms with Crippen LogP contribution >= 0.6 is 0 Å². The molecule has 0 fully saturated rings. The van der Waals surface area contributed by atoms with Gasteiger partial charge in [0.2, 0.25) is 0 Å². The van der Waals surface area contributed by atoms with Gasteiger partial charge in [0.15, 0.2) is 11.6 Å². The molecule has 0 aliphatic heterocycles. The standard InChI is InChI=1S/C68H44F2O2/c69-57-37-33-55(34-38-57)67(71)53-29-21-47(22-30-53)61-43-42-60(46-15-7-2-8-16-46)65(64(61)50-19-11-4-12-20-50)51-25-27-52(28-26-51)66-62(48-23-31-54(32-24-48)68(72)56-35-39-58(70)40-36-56)44-41-59(45-13-5-1-6-14-45)63(66)49-17-9-3-10-18-49/h1-44H. The summed E-state index contributed by atoms with van der Waals surface area (Å²) in [5.41, 5.74) is 18.5. The minimum atomic E-state index is -0.389. The Hall–Kier alpha value is -9.38. The van der Waals surface area contributed by atoms with Crippen LogP contribution in [0.5, 0.6) is 0 Å². The summed E-state index contributed by atoms with van der Waals surface area (Å²) in [6.45, 7) is 0. The van der Waals surface area contributed by atoms with Crippen molar-refractivity contribution in [1.82, 2.24) is 0 Å². The van der Waals surface area contributed by atoms with Crippen LogP contribution in [0, 0.1) is 11.6 Å². The molecule has 72 heavy (non-hydrogen) atoms. The lowest BCUT2D eigenvalue weighted by Crippen LogP contribution is -2.01. The third-order valence-electron chi connectivity index (χ3n) is 13.3. The maximum atomic E-state index is 13.8. The van der Waals surface area contributed by atoms with E-state index in [1.807, 2.05) is 72.8 Å². The molecule has 0 spiro atoms. The number of carbonyl (C=O) groups excluding carboxylic acids is 2. The van der Waals surface area contributed by atoms with Crippen LogP contribution in [0.3, 0.4) is 0 Å². The van der Waals surface area contributed by atoms with E-state index in [1.165, 1.54) is 48.5 Å². The second-order valence-corrected chi connectivity index (χ2v) is 17.7. The highest BCUT2D eigenvalue weighted by Crippen LogP contribution is 2.49. The fourth-order valence-electron chi connectivity index (χ4n) is 9.75. The van der Waals surface area contributed by atoms with Crippen LogP contribution < -0.4 is 0 Å². The molecular weight excluding hydrogens is 887 g/mol. The fraction of sp³-hybridized carbons (Fsp3) is 0. The highest BCUT2D eigenvalue weighted by atomic mass is 19.1. The maximum absolute atomic E-state index is 13.8. The molecule has 11 rings (SSSR count). The molecule has 0 radical (unpaired) electrons. The Morgan fingerprint density at radius 2 is 0.403 bits per heavy atom. The Morgan fingerprint density at radius 1 is 0.208 bits per heavy atom. The van der Waals surface area contributed by atoms with E-state index in [0.717, 1.165) is 89.0 Å². The van der Waals surface area contributed by atoms with Crippen molar-refractivity contribution >= 4 is 11.6 Å². The first-order chi connectivity index (χ1) is 35.4. The van der Waals surface area contributed by atoms with E-state index in [4.69, 9.17) is 0 Å². The molecule has 0 bridgehead atoms. The van der Waals surface area contributed by atoms with Gasteiger partial charge in [-0.25, -0.2) is 8.78 Å². The Balaban J connectivity index is 1.09. The molecule has 342 valence electrons. The second-order valence-electron chi connectivity index (χ2n) is 17.7. The summed E-state index contributed by atoms with van der Waals surface area (Å²) >= 11 is 0. The van der Waals surface area contributed by atoms with Crippen LogP contribution in [0.25, 0.3) is 89.0 Å². The van der Waals surface area contributed by atoms with E-state index in [2.05, 4.69) is 146 Å². The average molecular weight is 931 g/mol. The maximum Gasteiger partial charge on any atom is 0.193 e. The van der Waals surface area contributed by atoms with E-state index < -0.39 is 0 Å². The summed E-state index contributed by atoms with van der Waals surface area (Å²) in [5.74, 6) is -1.13. The van der Waals surface area contributed by atoms with Crippen LogP contribution in [0.15, 0.2) is 267 Å². The third-order valence-corrected chi connectivity index (χ3v) is 13.3. The van der Waals surface area contributed by atoms with Gasteiger partial charge in [0.1, 0.15) is 11.6 Å². The summed E-state index contributed by atoms with van der Waals surface area (Å²) in [7, 11) is 0. The minimum Gasteiger partial charge on any atom is -0.289 e. The number of rotatable bonds is 12. The van der Waals surface area contributed by atoms with E-state index in [9.17, 15) is 18.4 Å². The first-order valence-corrected chi connectivity index (χ1v) is 23.9. The van der Waals surface area contributed by atoms with Gasteiger partial charge in [-0.1, -0.05) is 218 Å². The molecule has 0 saturated carbocycles. The molecule has 0 amide bonds. The van der Waals surface area contributed by atoms with Gasteiger partial charge >= 0.3 is 0 Å². The molecule has 0 atom stereocenters. The zero-order chi connectivity index (χ0) is 49.0. The van der Waals surface area contributed by atoms with Crippen molar-refractivity contribution in [3.63, 3.8) is 0 Å². The number of ketones is 2. The first kappa shape index (κ1) is 45.1. The summed E-state index contributed by atoms with van der Waals surface area (Å²) in [5, 5.41) is 0. The number of benzene rings is 11. The summed E-state index contributed by atoms with van der Waals surface area (Å²) < 4.78 is 27.5. The molecular formula is C68H44F2O2. The van der Waals surface area contributed by atoms with Crippen LogP contribution in [0.4, 0.5) is 8.78 Å². The Labute approximate surface area is 417 Å². The van der Waals surface area contributed by atoms with Gasteiger partial charge in [0.25, 0.3) is 0 Å². The minimum absolute atomic E-state index is 0.174. The predicted molar refractivity (Wildman–Crippen MR) is 290 cm³/mol. The summed E-state index contributed by atoms with van der Waals surface area (Å²) in [6, 6.07) is 86.1. The van der Waals surface area contributed by atoms with Crippen molar-refractivity contribution in [2.24, 2.45) is 0 Å². The molecule has 0 N–H and O–H groups in total. The second kappa shape index (κ2) is 19.9. The Morgan fingerprint density at radius 3 is 0.667 bits per heavy atom. The van der Waals surface area contributed by atoms with Crippen LogP contribution in [0.2, 0.25) is 0 Å². The van der Waals surface area contributed by atoms with Crippen molar-refractivity contribution in [2.45, 2.75) is 0 Å². The van der Waals surface area contributed by atoms with Crippen molar-refractivity contribution in [3.8, 4) is 89.0 Å². The Kier molecular flexibility index (Phi) is 12.5. The normalized spacial score (nSPS) is 11.0. The van der Waals surface area contributed by atoms with Gasteiger partial charge in [0, 0.05) is 22.3 Å². The fourth-order valence-corrected chi connectivity index (χ4v) is 9.75. The molecule has 0 unspecified atom stereocenters. The smallest absolute Gasteiger partial charge is 0.193 e. The van der Waals surface area contributed by atoms with Crippen molar-refractivity contribution < 1.29 is 18.4 Å². The molecule has 11 aromatic rings. The molecule has 0 aliphatic rings. The average Bonchev–Trinajstić information content (AvgIpc) is 3.45. The molecule has 0 aromatic heterocycles. The zero-order valence-corrected chi connectivity index (χ0v) is 39.0. The summed E-state index contributed by atoms with van der Waals surface area (Å²) in [4.78, 5) is 27.1. The van der Waals surface area contributed by atoms with Gasteiger partial charge in [-0.05, 0) is 138 Å². The first-order valence-electron chi connectivity index (χ1n) is 23.9. The van der Waals surface area contributed by atoms with Gasteiger partial charge < -0.3 is 0 Å². The van der Waals surface area contributed by atoms with Gasteiger partial charge in [-0.2, -0.15) is 0 Å². The molecule has 0 saturated heterocycles. The lowest BCUT2D eigenvalue weighted by molar-refractivity contribution is 0.103. The lowest BCUT2D eigenvalue weighted by Gasteiger charge is -2.22. The highest BCUT2D eigenvalue weighted by molar-refractivity contribution is 6.11. The van der Waals surface area contributed by atoms with Crippen molar-refractivity contribution in [1.29, 1.82) is 0 Å². The highest BCUT2D eigenvalue weighted by Gasteiger charge is 2.23. The van der Waals surface area contributed by atoms with Gasteiger partial charge in [0.05, 0.1) is 0 Å². The van der Waals surface area contributed by atoms with Crippen LogP contribution in [-0.2, 0) is 0 Å². The van der Waals surface area contributed by atoms with E-state index >= 15 is 0 Å². The number of hydrogen-bond donors (Lipinski definition) is 0. The summed E-state index contributed by atoms with van der Waals surface area (Å²) in [6.07, 6.45) is 0. The SMILES string of the molecule is O=C(c1ccc(F)cc1)c1ccc(-c2ccc(-c3ccccc3)c(-c3ccc(-c4c(-c5ccc(C(=O)c6ccc(F)cc6)cc5)ccc(-c5ccccc5)c4-c4ccccc4)cc3)c2-c2ccccc2)cc1. The number of halogens is 2. The van der Waals surface area contributed by atoms with Crippen molar-refractivity contribution in [3.05, 3.63) is 301 Å². The number of hydrogen-bond acceptors (Lipinski definition) is 2. The topological polar surface area (TPSA) is 34.1 Å². The lowest BCUT2D eigenvalue weighted by atomic mass is 9.81. The van der Waals surface area contributed by atoms with E-state index in [-0.39, 0.29) is 23.2 Å². The largest absolute Gasteiger partial charge is 0.289 e. The molecule has 2 nitrogen and oxygen atoms in total. The quantitative estimate of drug-likeness (QED) is 0.114. The molecule has 0 aliphatic carbocycles. The third kappa shape index (κ3) is 9.01. The number of carbonyl (C=O) groups is 2. The van der Waals surface area contributed by atoms with E-state index in [1.54, 1.807) is 0 Å².